The van der Waals surface area contributed by atoms with E-state index in [4.69, 9.17) is 5.73 Å². The standard InChI is InChI=1S/C27H28FN5O2/c28-21-11-9-19(10-12-21)22-16-30-27(29)31-25(22)23-7-1-2-14-33(23)26(35)20-6-3-5-18(15-20)17-32-13-4-8-24(32)34/h3,5-6,9-12,15-16,23H,1-2,4,7-8,13-14,17H2,(H2,29,30,31)/t23-/m0/s1. The van der Waals surface area contributed by atoms with Gasteiger partial charge in [0.15, 0.2) is 0 Å². The van der Waals surface area contributed by atoms with E-state index < -0.39 is 0 Å². The van der Waals surface area contributed by atoms with Crippen LogP contribution in [0.2, 0.25) is 0 Å². The maximum absolute atomic E-state index is 13.7. The number of hydrogen-bond donors (Lipinski definition) is 1. The number of anilines is 1. The molecule has 35 heavy (non-hydrogen) atoms. The van der Waals surface area contributed by atoms with Crippen molar-refractivity contribution in [2.24, 2.45) is 0 Å². The van der Waals surface area contributed by atoms with Crippen LogP contribution in [-0.2, 0) is 11.3 Å². The predicted molar refractivity (Wildman–Crippen MR) is 131 cm³/mol. The van der Waals surface area contributed by atoms with Crippen LogP contribution in [0.15, 0.2) is 54.7 Å². The van der Waals surface area contributed by atoms with Crippen LogP contribution >= 0.6 is 0 Å². The summed E-state index contributed by atoms with van der Waals surface area (Å²) in [6.07, 6.45) is 5.72. The van der Waals surface area contributed by atoms with Crippen LogP contribution in [0.4, 0.5) is 10.3 Å². The molecule has 8 heteroatoms. The molecule has 2 saturated heterocycles. The van der Waals surface area contributed by atoms with E-state index in [1.165, 1.54) is 12.1 Å². The number of carbonyl (C=O) groups is 2. The molecule has 0 unspecified atom stereocenters. The Bertz CT molecular complexity index is 1250. The Morgan fingerprint density at radius 3 is 2.69 bits per heavy atom. The van der Waals surface area contributed by atoms with Gasteiger partial charge >= 0.3 is 0 Å². The minimum atomic E-state index is -0.323. The lowest BCUT2D eigenvalue weighted by molar-refractivity contribution is -0.128. The first-order valence-electron chi connectivity index (χ1n) is 12.1. The fourth-order valence-corrected chi connectivity index (χ4v) is 5.03. The van der Waals surface area contributed by atoms with Crippen molar-refractivity contribution in [1.29, 1.82) is 0 Å². The van der Waals surface area contributed by atoms with Crippen LogP contribution < -0.4 is 5.73 Å². The Morgan fingerprint density at radius 2 is 1.91 bits per heavy atom. The Labute approximate surface area is 203 Å². The minimum absolute atomic E-state index is 0.0773. The van der Waals surface area contributed by atoms with Gasteiger partial charge in [0.05, 0.1) is 11.7 Å². The second-order valence-corrected chi connectivity index (χ2v) is 9.16. The van der Waals surface area contributed by atoms with E-state index in [-0.39, 0.29) is 29.6 Å². The Balaban J connectivity index is 1.45. The van der Waals surface area contributed by atoms with Gasteiger partial charge in [0.1, 0.15) is 5.82 Å². The molecule has 0 saturated carbocycles. The van der Waals surface area contributed by atoms with Gasteiger partial charge in [-0.15, -0.1) is 0 Å². The Hall–Kier alpha value is -3.81. The normalized spacial score (nSPS) is 18.2. The third-order valence-electron chi connectivity index (χ3n) is 6.79. The van der Waals surface area contributed by atoms with E-state index in [1.807, 2.05) is 34.1 Å². The molecule has 3 aromatic rings. The molecule has 0 radical (unpaired) electrons. The van der Waals surface area contributed by atoms with E-state index in [1.54, 1.807) is 18.3 Å². The lowest BCUT2D eigenvalue weighted by Crippen LogP contribution is -2.39. The molecular weight excluding hydrogens is 445 g/mol. The number of carbonyl (C=O) groups excluding carboxylic acids is 2. The lowest BCUT2D eigenvalue weighted by atomic mass is 9.93. The molecule has 0 bridgehead atoms. The number of nitrogen functional groups attached to an aromatic ring is 1. The molecule has 0 spiro atoms. The fraction of sp³-hybridized carbons (Fsp3) is 0.333. The molecule has 7 nitrogen and oxygen atoms in total. The molecule has 2 aromatic carbocycles. The third kappa shape index (κ3) is 4.87. The third-order valence-corrected chi connectivity index (χ3v) is 6.79. The first kappa shape index (κ1) is 23.0. The van der Waals surface area contributed by atoms with Crippen LogP contribution in [0.25, 0.3) is 11.1 Å². The zero-order valence-electron chi connectivity index (χ0n) is 19.5. The van der Waals surface area contributed by atoms with Crippen molar-refractivity contribution >= 4 is 17.8 Å². The van der Waals surface area contributed by atoms with Crippen LogP contribution in [0.1, 0.15) is 59.8 Å². The lowest BCUT2D eigenvalue weighted by Gasteiger charge is -2.36. The van der Waals surface area contributed by atoms with Crippen LogP contribution in [0.5, 0.6) is 0 Å². The van der Waals surface area contributed by atoms with Crippen molar-refractivity contribution < 1.29 is 14.0 Å². The molecule has 2 amide bonds. The molecule has 3 heterocycles. The Kier molecular flexibility index (Phi) is 6.44. The van der Waals surface area contributed by atoms with Gasteiger partial charge in [-0.25, -0.2) is 14.4 Å². The zero-order valence-corrected chi connectivity index (χ0v) is 19.5. The van der Waals surface area contributed by atoms with E-state index in [9.17, 15) is 14.0 Å². The van der Waals surface area contributed by atoms with Gasteiger partial charge in [-0.3, -0.25) is 9.59 Å². The molecular formula is C27H28FN5O2. The van der Waals surface area contributed by atoms with Crippen molar-refractivity contribution in [3.05, 3.63) is 77.4 Å². The molecule has 0 aliphatic carbocycles. The number of nitrogens with zero attached hydrogens (tertiary/aromatic N) is 4. The number of amides is 2. The molecule has 5 rings (SSSR count). The summed E-state index contributed by atoms with van der Waals surface area (Å²) < 4.78 is 13.5. The number of benzene rings is 2. The smallest absolute Gasteiger partial charge is 0.254 e. The minimum Gasteiger partial charge on any atom is -0.368 e. The topological polar surface area (TPSA) is 92.4 Å². The zero-order chi connectivity index (χ0) is 24.4. The van der Waals surface area contributed by atoms with Crippen LogP contribution in [-0.4, -0.2) is 44.7 Å². The number of likely N-dealkylation sites (tertiary alicyclic amines) is 2. The maximum atomic E-state index is 13.7. The summed E-state index contributed by atoms with van der Waals surface area (Å²) in [7, 11) is 0. The highest BCUT2D eigenvalue weighted by atomic mass is 19.1. The maximum Gasteiger partial charge on any atom is 0.254 e. The van der Waals surface area contributed by atoms with Gasteiger partial charge in [-0.05, 0) is 61.1 Å². The number of hydrogen-bond acceptors (Lipinski definition) is 5. The second-order valence-electron chi connectivity index (χ2n) is 9.16. The molecule has 2 N–H and O–H groups in total. The van der Waals surface area contributed by atoms with Crippen molar-refractivity contribution in [3.8, 4) is 11.1 Å². The molecule has 1 aromatic heterocycles. The summed E-state index contributed by atoms with van der Waals surface area (Å²) in [6, 6.07) is 13.4. The van der Waals surface area contributed by atoms with Gasteiger partial charge in [0.2, 0.25) is 11.9 Å². The van der Waals surface area contributed by atoms with Gasteiger partial charge in [-0.2, -0.15) is 0 Å². The SMILES string of the molecule is Nc1ncc(-c2ccc(F)cc2)c([C@@H]2CCCCN2C(=O)c2cccc(CN3CCCC3=O)c2)n1. The molecule has 1 atom stereocenters. The van der Waals surface area contributed by atoms with Crippen LogP contribution in [0, 0.1) is 5.82 Å². The number of nitrogens with two attached hydrogens (primary N) is 1. The molecule has 2 aliphatic rings. The number of halogens is 1. The van der Waals surface area contributed by atoms with Crippen molar-refractivity contribution in [1.82, 2.24) is 19.8 Å². The quantitative estimate of drug-likeness (QED) is 0.595. The fourth-order valence-electron chi connectivity index (χ4n) is 5.03. The van der Waals surface area contributed by atoms with E-state index in [0.717, 1.165) is 48.9 Å². The van der Waals surface area contributed by atoms with Gasteiger partial charge in [0.25, 0.3) is 5.91 Å². The predicted octanol–water partition coefficient (Wildman–Crippen LogP) is 4.35. The summed E-state index contributed by atoms with van der Waals surface area (Å²) in [6.45, 7) is 1.87. The average Bonchev–Trinajstić information content (AvgIpc) is 3.28. The number of rotatable bonds is 5. The monoisotopic (exact) mass is 473 g/mol. The first-order chi connectivity index (χ1) is 17.0. The van der Waals surface area contributed by atoms with E-state index >= 15 is 0 Å². The molecule has 2 aliphatic heterocycles. The summed E-state index contributed by atoms with van der Waals surface area (Å²) in [4.78, 5) is 38.2. The van der Waals surface area contributed by atoms with Crippen molar-refractivity contribution in [2.75, 3.05) is 18.8 Å². The number of piperidine rings is 1. The van der Waals surface area contributed by atoms with Gasteiger partial charge < -0.3 is 15.5 Å². The first-order valence-corrected chi connectivity index (χ1v) is 12.1. The van der Waals surface area contributed by atoms with E-state index in [0.29, 0.717) is 30.8 Å². The number of aromatic nitrogens is 2. The summed E-state index contributed by atoms with van der Waals surface area (Å²) >= 11 is 0. The Morgan fingerprint density at radius 1 is 1.09 bits per heavy atom. The molecule has 2 fully saturated rings. The summed E-state index contributed by atoms with van der Waals surface area (Å²) in [5.74, 6) is -0.100. The van der Waals surface area contributed by atoms with Crippen LogP contribution in [0.3, 0.4) is 0 Å². The largest absolute Gasteiger partial charge is 0.368 e. The van der Waals surface area contributed by atoms with Crippen molar-refractivity contribution in [2.45, 2.75) is 44.7 Å². The highest BCUT2D eigenvalue weighted by Crippen LogP contribution is 2.37. The average molecular weight is 474 g/mol. The van der Waals surface area contributed by atoms with Gasteiger partial charge in [0, 0.05) is 43.4 Å². The highest BCUT2D eigenvalue weighted by molar-refractivity contribution is 5.95. The van der Waals surface area contributed by atoms with Crippen molar-refractivity contribution in [3.63, 3.8) is 0 Å². The summed E-state index contributed by atoms with van der Waals surface area (Å²) in [5, 5.41) is 0. The van der Waals surface area contributed by atoms with E-state index in [2.05, 4.69) is 9.97 Å². The summed E-state index contributed by atoms with van der Waals surface area (Å²) in [5.41, 5.74) is 9.68. The molecule has 180 valence electrons. The highest BCUT2D eigenvalue weighted by Gasteiger charge is 2.32. The second kappa shape index (κ2) is 9.82. The van der Waals surface area contributed by atoms with Gasteiger partial charge in [-0.1, -0.05) is 24.3 Å².